The van der Waals surface area contributed by atoms with Crippen LogP contribution < -0.4 is 5.32 Å². The molecule has 3 N–H and O–H groups in total. The van der Waals surface area contributed by atoms with Crippen LogP contribution in [0.25, 0.3) is 0 Å². The summed E-state index contributed by atoms with van der Waals surface area (Å²) in [6, 6.07) is 13.4. The third-order valence-electron chi connectivity index (χ3n) is 11.4. The topological polar surface area (TPSA) is 162 Å². The van der Waals surface area contributed by atoms with Crippen LogP contribution in [0.5, 0.6) is 0 Å². The van der Waals surface area contributed by atoms with E-state index in [4.69, 9.17) is 23.7 Å². The van der Waals surface area contributed by atoms with E-state index in [1.807, 2.05) is 69.3 Å². The first-order valence-electron chi connectivity index (χ1n) is 18.3. The highest BCUT2D eigenvalue weighted by Gasteiger charge is 2.69. The first-order chi connectivity index (χ1) is 25.0. The number of carbonyl (C=O) groups excluding carboxylic acids is 4. The molecule has 2 aliphatic heterocycles. The van der Waals surface area contributed by atoms with Crippen LogP contribution in [0.15, 0.2) is 72.5 Å². The van der Waals surface area contributed by atoms with Crippen LogP contribution in [-0.4, -0.2) is 89.8 Å². The van der Waals surface area contributed by atoms with Gasteiger partial charge in [-0.05, 0) is 62.8 Å². The number of aromatic nitrogens is 1. The quantitative estimate of drug-likeness (QED) is 0.107. The molecule has 12 nitrogen and oxygen atoms in total. The lowest BCUT2D eigenvalue weighted by Crippen LogP contribution is -2.57. The number of hydrogen-bond donors (Lipinski definition) is 3. The van der Waals surface area contributed by atoms with Gasteiger partial charge in [-0.25, -0.2) is 14.4 Å². The molecule has 2 aliphatic carbocycles. The number of aromatic amines is 1. The molecule has 1 saturated carbocycles. The van der Waals surface area contributed by atoms with Crippen LogP contribution in [0.3, 0.4) is 0 Å². The van der Waals surface area contributed by atoms with Gasteiger partial charge in [0.1, 0.15) is 35.7 Å². The van der Waals surface area contributed by atoms with Crippen molar-refractivity contribution in [3.8, 4) is 0 Å². The summed E-state index contributed by atoms with van der Waals surface area (Å²) >= 11 is 0. The summed E-state index contributed by atoms with van der Waals surface area (Å²) in [6.45, 7) is 7.54. The third-order valence-corrected chi connectivity index (χ3v) is 11.4. The van der Waals surface area contributed by atoms with Crippen molar-refractivity contribution in [1.82, 2.24) is 10.3 Å². The van der Waals surface area contributed by atoms with Crippen LogP contribution in [0.2, 0.25) is 0 Å². The maximum Gasteiger partial charge on any atom is 0.397 e. The highest BCUT2D eigenvalue weighted by molar-refractivity contribution is 6.32. The van der Waals surface area contributed by atoms with Gasteiger partial charge in [0.05, 0.1) is 6.10 Å². The Bertz CT molecular complexity index is 1660. The summed E-state index contributed by atoms with van der Waals surface area (Å²) in [6.07, 6.45) is 5.02. The highest BCUT2D eigenvalue weighted by atomic mass is 16.6. The van der Waals surface area contributed by atoms with Gasteiger partial charge in [0, 0.05) is 49.4 Å². The van der Waals surface area contributed by atoms with E-state index >= 15 is 0 Å². The number of carbonyl (C=O) groups is 4. The van der Waals surface area contributed by atoms with Gasteiger partial charge in [-0.1, -0.05) is 62.4 Å². The number of rotatable bonds is 10. The van der Waals surface area contributed by atoms with E-state index in [1.165, 1.54) is 12.7 Å². The predicted molar refractivity (Wildman–Crippen MR) is 189 cm³/mol. The maximum atomic E-state index is 13.7. The average molecular weight is 719 g/mol. The SMILES string of the molecule is CO[C@H]1C[C@H]2C=CC3C4[C@H](O)[C@@H](C)[C@@H](OC(=O)c5ccc[nH]5)[C@@H]3O[C@]42/C(C)=C/[C@@H](C)[C@@H]([C@@H](C)OC(=O)C(=O)NCCCCc2ccccc2)OC1=O. The molecule has 6 rings (SSSR count). The summed E-state index contributed by atoms with van der Waals surface area (Å²) < 4.78 is 30.3. The number of ether oxygens (including phenoxy) is 5. The number of cyclic esters (lactones) is 1. The smallest absolute Gasteiger partial charge is 0.397 e. The number of hydrogen-bond acceptors (Lipinski definition) is 10. The fourth-order valence-corrected chi connectivity index (χ4v) is 8.79. The molecule has 1 saturated heterocycles. The Hall–Kier alpha value is -4.26. The molecule has 2 fully saturated rings. The van der Waals surface area contributed by atoms with Crippen molar-refractivity contribution in [3.05, 3.63) is 83.7 Å². The molecule has 52 heavy (non-hydrogen) atoms. The summed E-state index contributed by atoms with van der Waals surface area (Å²) in [5.41, 5.74) is 1.26. The molecule has 0 radical (unpaired) electrons. The van der Waals surface area contributed by atoms with Gasteiger partial charge >= 0.3 is 23.8 Å². The van der Waals surface area contributed by atoms with Gasteiger partial charge in [-0.15, -0.1) is 0 Å². The summed E-state index contributed by atoms with van der Waals surface area (Å²) in [7, 11) is 1.43. The number of H-pyrrole nitrogens is 1. The van der Waals surface area contributed by atoms with Crippen LogP contribution in [0.1, 0.15) is 63.0 Å². The molecule has 1 aromatic carbocycles. The number of aryl methyl sites for hydroxylation is 1. The molecule has 4 aliphatic rings. The minimum atomic E-state index is -1.07. The maximum absolute atomic E-state index is 13.7. The third kappa shape index (κ3) is 7.20. The van der Waals surface area contributed by atoms with E-state index in [9.17, 15) is 24.3 Å². The first-order valence-corrected chi connectivity index (χ1v) is 18.3. The largest absolute Gasteiger partial charge is 0.456 e. The van der Waals surface area contributed by atoms with Gasteiger partial charge in [0.2, 0.25) is 0 Å². The van der Waals surface area contributed by atoms with Crippen molar-refractivity contribution in [3.63, 3.8) is 0 Å². The molecule has 3 heterocycles. The number of amides is 1. The van der Waals surface area contributed by atoms with E-state index in [1.54, 1.807) is 25.3 Å². The van der Waals surface area contributed by atoms with Crippen LogP contribution in [-0.2, 0) is 44.5 Å². The average Bonchev–Trinajstić information content (AvgIpc) is 3.74. The minimum absolute atomic E-state index is 0.183. The fourth-order valence-electron chi connectivity index (χ4n) is 8.79. The van der Waals surface area contributed by atoms with E-state index in [0.29, 0.717) is 18.7 Å². The summed E-state index contributed by atoms with van der Waals surface area (Å²) in [4.78, 5) is 55.2. The number of nitrogens with one attached hydrogen (secondary N) is 2. The number of aliphatic hydroxyl groups is 1. The van der Waals surface area contributed by atoms with Gasteiger partial charge in [0.25, 0.3) is 0 Å². The lowest BCUT2D eigenvalue weighted by Gasteiger charge is -2.48. The standard InChI is InChI=1S/C40H50N2O10/c1-22-20-23(2)40-27(16-17-28-31(40)32(43)24(3)34(35(28)52-40)51-37(45)29-15-11-19-41-29)21-30(48-5)38(46)50-33(22)25(4)49-39(47)36(44)42-18-10-9-14-26-12-7-6-8-13-26/h6-8,11-13,15-17,19-20,22,24-25,27-28,30-35,41,43H,9-10,14,18,21H2,1-5H3,(H,42,44)/b23-20+/t22-,24-,25-,27-,28?,30+,31?,32-,33+,34-,35-,40+/m1/s1. The van der Waals surface area contributed by atoms with Crippen molar-refractivity contribution in [2.24, 2.45) is 29.6 Å². The second-order valence-electron chi connectivity index (χ2n) is 14.7. The minimum Gasteiger partial charge on any atom is -0.456 e. The molecular weight excluding hydrogens is 668 g/mol. The van der Waals surface area contributed by atoms with E-state index in [2.05, 4.69) is 10.3 Å². The van der Waals surface area contributed by atoms with E-state index in [-0.39, 0.29) is 18.3 Å². The Morgan fingerprint density at radius 1 is 1.10 bits per heavy atom. The van der Waals surface area contributed by atoms with E-state index in [0.717, 1.165) is 18.4 Å². The van der Waals surface area contributed by atoms with E-state index < -0.39 is 83.8 Å². The van der Waals surface area contributed by atoms with Crippen molar-refractivity contribution in [2.75, 3.05) is 13.7 Å². The van der Waals surface area contributed by atoms with Crippen LogP contribution in [0, 0.1) is 29.6 Å². The zero-order valence-electron chi connectivity index (χ0n) is 30.4. The fraction of sp³-hybridized carbons (Fsp3) is 0.550. The highest BCUT2D eigenvalue weighted by Crippen LogP contribution is 2.61. The number of benzene rings is 1. The zero-order chi connectivity index (χ0) is 37.2. The molecule has 1 amide bonds. The monoisotopic (exact) mass is 718 g/mol. The lowest BCUT2D eigenvalue weighted by atomic mass is 9.57. The molecular formula is C40H50N2O10. The number of aliphatic hydroxyl groups excluding tert-OH is 1. The van der Waals surface area contributed by atoms with Gasteiger partial charge in [-0.2, -0.15) is 0 Å². The number of esters is 3. The van der Waals surface area contributed by atoms with Crippen molar-refractivity contribution in [1.29, 1.82) is 0 Å². The summed E-state index contributed by atoms with van der Waals surface area (Å²) in [5.74, 6) is -5.11. The molecule has 280 valence electrons. The predicted octanol–water partition coefficient (Wildman–Crippen LogP) is 4.09. The summed E-state index contributed by atoms with van der Waals surface area (Å²) in [5, 5.41) is 14.6. The molecule has 12 heteroatoms. The number of unbranched alkanes of at least 4 members (excludes halogenated alkanes) is 1. The first kappa shape index (κ1) is 37.5. The Kier molecular flexibility index (Phi) is 11.4. The molecule has 4 bridgehead atoms. The Morgan fingerprint density at radius 3 is 2.58 bits per heavy atom. The van der Waals surface area contributed by atoms with Gasteiger partial charge < -0.3 is 39.1 Å². The van der Waals surface area contributed by atoms with Gasteiger partial charge in [0.15, 0.2) is 6.10 Å². The van der Waals surface area contributed by atoms with Crippen LogP contribution >= 0.6 is 0 Å². The Balaban J connectivity index is 1.19. The van der Waals surface area contributed by atoms with Gasteiger partial charge in [-0.3, -0.25) is 4.79 Å². The molecule has 2 aromatic rings. The zero-order valence-corrected chi connectivity index (χ0v) is 30.4. The van der Waals surface area contributed by atoms with Crippen molar-refractivity contribution in [2.45, 2.75) is 95.6 Å². The Labute approximate surface area is 304 Å². The molecule has 2 unspecified atom stereocenters. The number of methoxy groups -OCH3 is 1. The van der Waals surface area contributed by atoms with Crippen molar-refractivity contribution < 1.29 is 48.0 Å². The second-order valence-corrected chi connectivity index (χ2v) is 14.7. The molecule has 12 atom stereocenters. The molecule has 1 spiro atoms. The second kappa shape index (κ2) is 15.8. The lowest BCUT2D eigenvalue weighted by molar-refractivity contribution is -0.180. The molecule has 1 aromatic heterocycles. The van der Waals surface area contributed by atoms with Crippen molar-refractivity contribution >= 4 is 23.8 Å². The van der Waals surface area contributed by atoms with Crippen LogP contribution in [0.4, 0.5) is 0 Å². The Morgan fingerprint density at radius 2 is 1.87 bits per heavy atom. The normalized spacial score (nSPS) is 35.3.